The monoisotopic (exact) mass is 400 g/mol. The van der Waals surface area contributed by atoms with Gasteiger partial charge in [-0.25, -0.2) is 4.79 Å². The molecule has 0 radical (unpaired) electrons. The van der Waals surface area contributed by atoms with E-state index in [1.165, 1.54) is 6.07 Å². The van der Waals surface area contributed by atoms with E-state index in [2.05, 4.69) is 6.92 Å². The van der Waals surface area contributed by atoms with E-state index in [4.69, 9.17) is 13.9 Å². The Morgan fingerprint density at radius 1 is 1.17 bits per heavy atom. The molecule has 2 aromatic rings. The molecule has 4 rings (SSSR count). The number of carbonyl (C=O) groups is 1. The minimum Gasteiger partial charge on any atom is -0.493 e. The lowest BCUT2D eigenvalue weighted by Gasteiger charge is -2.61. The highest BCUT2D eigenvalue weighted by molar-refractivity contribution is 5.83. The highest BCUT2D eigenvalue weighted by Gasteiger charge is 2.63. The van der Waals surface area contributed by atoms with Gasteiger partial charge in [-0.3, -0.25) is 4.79 Å². The summed E-state index contributed by atoms with van der Waals surface area (Å²) in [6, 6.07) is 8.52. The van der Waals surface area contributed by atoms with Crippen LogP contribution in [-0.4, -0.2) is 29.4 Å². The zero-order chi connectivity index (χ0) is 21.0. The van der Waals surface area contributed by atoms with Crippen LogP contribution in [0.5, 0.6) is 5.75 Å². The van der Waals surface area contributed by atoms with E-state index in [0.29, 0.717) is 30.8 Å². The Morgan fingerprint density at radius 2 is 1.90 bits per heavy atom. The number of fused-ring (bicyclic) bond motifs is 2. The molecule has 2 fully saturated rings. The summed E-state index contributed by atoms with van der Waals surface area (Å²) in [6.45, 7) is 8.32. The van der Waals surface area contributed by atoms with Gasteiger partial charge < -0.3 is 19.0 Å². The molecule has 1 aromatic carbocycles. The zero-order valence-corrected chi connectivity index (χ0v) is 17.3. The molecule has 6 unspecified atom stereocenters. The number of carbonyl (C=O) groups excluding carboxylic acids is 1. The van der Waals surface area contributed by atoms with Crippen LogP contribution in [0.2, 0.25) is 0 Å². The van der Waals surface area contributed by atoms with Crippen LogP contribution in [0.3, 0.4) is 0 Å². The van der Waals surface area contributed by atoms with Gasteiger partial charge in [0.25, 0.3) is 0 Å². The molecule has 0 bridgehead atoms. The summed E-state index contributed by atoms with van der Waals surface area (Å²) in [5.74, 6) is 0.333. The molecule has 6 heteroatoms. The molecule has 2 aliphatic rings. The quantitative estimate of drug-likeness (QED) is 0.793. The molecular weight excluding hydrogens is 372 g/mol. The number of ketones is 1. The first kappa shape index (κ1) is 20.1. The van der Waals surface area contributed by atoms with Crippen LogP contribution in [0.4, 0.5) is 0 Å². The smallest absolute Gasteiger partial charge is 0.336 e. The Kier molecular flexibility index (Phi) is 4.82. The second-order valence-electron chi connectivity index (χ2n) is 8.95. The molecule has 0 amide bonds. The van der Waals surface area contributed by atoms with Gasteiger partial charge in [-0.05, 0) is 31.5 Å². The molecule has 29 heavy (non-hydrogen) atoms. The lowest BCUT2D eigenvalue weighted by Crippen LogP contribution is -2.67. The first-order chi connectivity index (χ1) is 13.7. The molecule has 1 aliphatic heterocycles. The van der Waals surface area contributed by atoms with Gasteiger partial charge in [0.2, 0.25) is 0 Å². The number of hydrogen-bond acceptors (Lipinski definition) is 6. The third-order valence-electron chi connectivity index (χ3n) is 7.63. The van der Waals surface area contributed by atoms with Crippen LogP contribution in [0.25, 0.3) is 11.0 Å². The first-order valence-corrected chi connectivity index (χ1v) is 10.2. The summed E-state index contributed by atoms with van der Waals surface area (Å²) in [4.78, 5) is 23.9. The Balaban J connectivity index is 1.62. The maximum Gasteiger partial charge on any atom is 0.336 e. The molecule has 6 atom stereocenters. The maximum atomic E-state index is 12.4. The Bertz CT molecular complexity index is 996. The van der Waals surface area contributed by atoms with Crippen molar-refractivity contribution in [3.05, 3.63) is 40.8 Å². The van der Waals surface area contributed by atoms with Crippen LogP contribution in [0, 0.1) is 23.2 Å². The number of aliphatic hydroxyl groups excluding tert-OH is 1. The number of rotatable bonds is 3. The number of Topliss-reactive ketones (excluding diaryl/α,β-unsaturated/α-hetero) is 1. The van der Waals surface area contributed by atoms with Gasteiger partial charge in [0.1, 0.15) is 17.1 Å². The van der Waals surface area contributed by atoms with Crippen molar-refractivity contribution < 1.29 is 23.8 Å². The van der Waals surface area contributed by atoms with E-state index in [9.17, 15) is 14.7 Å². The molecule has 1 saturated heterocycles. The van der Waals surface area contributed by atoms with Gasteiger partial charge in [0.15, 0.2) is 6.29 Å². The van der Waals surface area contributed by atoms with Gasteiger partial charge in [-0.1, -0.05) is 20.8 Å². The molecule has 2 heterocycles. The average molecular weight is 400 g/mol. The summed E-state index contributed by atoms with van der Waals surface area (Å²) in [7, 11) is 0. The predicted molar refractivity (Wildman–Crippen MR) is 108 cm³/mol. The van der Waals surface area contributed by atoms with Crippen molar-refractivity contribution in [2.45, 2.75) is 52.4 Å². The highest BCUT2D eigenvalue weighted by Crippen LogP contribution is 2.58. The van der Waals surface area contributed by atoms with Crippen LogP contribution < -0.4 is 10.4 Å². The fraction of sp³-hybridized carbons (Fsp3) is 0.565. The van der Waals surface area contributed by atoms with Crippen LogP contribution >= 0.6 is 0 Å². The summed E-state index contributed by atoms with van der Waals surface area (Å²) < 4.78 is 17.4. The lowest BCUT2D eigenvalue weighted by molar-refractivity contribution is -0.321. The molecule has 156 valence electrons. The summed E-state index contributed by atoms with van der Waals surface area (Å²) in [5, 5.41) is 11.4. The number of benzene rings is 1. The normalized spacial score (nSPS) is 37.3. The third-order valence-corrected chi connectivity index (χ3v) is 7.63. The second-order valence-corrected chi connectivity index (χ2v) is 8.95. The van der Waals surface area contributed by atoms with Crippen LogP contribution in [0.15, 0.2) is 39.5 Å². The number of ether oxygens (including phenoxy) is 2. The second kappa shape index (κ2) is 6.96. The topological polar surface area (TPSA) is 86.0 Å². The number of hydrogen-bond donors (Lipinski definition) is 1. The van der Waals surface area contributed by atoms with Crippen molar-refractivity contribution in [2.75, 3.05) is 6.61 Å². The fourth-order valence-electron chi connectivity index (χ4n) is 5.23. The maximum absolute atomic E-state index is 12.4. The molecule has 1 N–H and O–H groups in total. The molecular formula is C23H28O6. The molecule has 6 nitrogen and oxygen atoms in total. The van der Waals surface area contributed by atoms with E-state index >= 15 is 0 Å². The van der Waals surface area contributed by atoms with E-state index in [1.807, 2.05) is 32.9 Å². The van der Waals surface area contributed by atoms with E-state index in [-0.39, 0.29) is 29.0 Å². The molecule has 1 saturated carbocycles. The number of aliphatic hydroxyl groups is 1. The van der Waals surface area contributed by atoms with Crippen molar-refractivity contribution in [3.8, 4) is 5.75 Å². The van der Waals surface area contributed by atoms with Gasteiger partial charge in [0, 0.05) is 47.1 Å². The summed E-state index contributed by atoms with van der Waals surface area (Å²) >= 11 is 0. The average Bonchev–Trinajstić information content (AvgIpc) is 2.68. The van der Waals surface area contributed by atoms with Crippen molar-refractivity contribution in [3.63, 3.8) is 0 Å². The third kappa shape index (κ3) is 3.09. The van der Waals surface area contributed by atoms with E-state index in [1.54, 1.807) is 12.1 Å². The molecule has 1 aromatic heterocycles. The Labute approximate surface area is 169 Å². The Hall–Kier alpha value is -2.18. The molecule has 1 aliphatic carbocycles. The van der Waals surface area contributed by atoms with Crippen LogP contribution in [-0.2, 0) is 9.53 Å². The predicted octanol–water partition coefficient (Wildman–Crippen LogP) is 3.54. The largest absolute Gasteiger partial charge is 0.493 e. The summed E-state index contributed by atoms with van der Waals surface area (Å²) in [6.07, 6.45) is 0.256. The minimum absolute atomic E-state index is 0.00900. The van der Waals surface area contributed by atoms with E-state index in [0.717, 1.165) is 5.39 Å². The van der Waals surface area contributed by atoms with Gasteiger partial charge >= 0.3 is 5.63 Å². The first-order valence-electron chi connectivity index (χ1n) is 10.2. The van der Waals surface area contributed by atoms with Gasteiger partial charge in [0.05, 0.1) is 12.2 Å². The van der Waals surface area contributed by atoms with Crippen molar-refractivity contribution in [2.24, 2.45) is 23.2 Å². The summed E-state index contributed by atoms with van der Waals surface area (Å²) in [5.41, 5.74) is -0.996. The fourth-order valence-corrected chi connectivity index (χ4v) is 5.23. The highest BCUT2D eigenvalue weighted by atomic mass is 16.6. The van der Waals surface area contributed by atoms with Crippen LogP contribution in [0.1, 0.15) is 40.5 Å². The minimum atomic E-state index is -0.954. The zero-order valence-electron chi connectivity index (χ0n) is 17.3. The lowest BCUT2D eigenvalue weighted by atomic mass is 9.51. The molecule has 0 spiro atoms. The standard InChI is InChI=1S/C23H28O6/c1-13-17(12-27-16-7-5-15-6-8-20(25)28-19(15)11-16)22(3)10-9-18(24)14(2)23(22,4)29-21(13)26/h5-8,11,13-14,17,21,26H,9-10,12H2,1-4H3. The van der Waals surface area contributed by atoms with Gasteiger partial charge in [-0.2, -0.15) is 0 Å². The SMILES string of the molecule is CC1C(O)OC2(C)C(C)C(=O)CCC2(C)C1COc1ccc2ccc(=O)oc2c1. The van der Waals surface area contributed by atoms with Gasteiger partial charge in [-0.15, -0.1) is 0 Å². The van der Waals surface area contributed by atoms with E-state index < -0.39 is 17.5 Å². The Morgan fingerprint density at radius 3 is 2.66 bits per heavy atom. The van der Waals surface area contributed by atoms with Crippen molar-refractivity contribution >= 4 is 16.8 Å². The van der Waals surface area contributed by atoms with Crippen molar-refractivity contribution in [1.29, 1.82) is 0 Å². The van der Waals surface area contributed by atoms with Crippen molar-refractivity contribution in [1.82, 2.24) is 0 Å².